The number of carbonyl (C=O) groups excluding carboxylic acids is 1. The van der Waals surface area contributed by atoms with E-state index in [1.165, 1.54) is 6.07 Å². The third kappa shape index (κ3) is 5.55. The summed E-state index contributed by atoms with van der Waals surface area (Å²) < 4.78 is 25.2. The van der Waals surface area contributed by atoms with Gasteiger partial charge in [-0.1, -0.05) is 0 Å². The molecule has 1 amide bonds. The number of aliphatic hydroxyl groups is 2. The van der Waals surface area contributed by atoms with Crippen molar-refractivity contribution in [1.82, 2.24) is 0 Å². The van der Waals surface area contributed by atoms with Gasteiger partial charge in [0.05, 0.1) is 43.8 Å². The maximum Gasteiger partial charge on any atom is 0.414 e. The average molecular weight is 370 g/mol. The summed E-state index contributed by atoms with van der Waals surface area (Å²) in [5.74, 6) is -0.476. The number of aliphatic hydroxyl groups excluding tert-OH is 2. The number of ether oxygens (including phenoxy) is 2. The van der Waals surface area contributed by atoms with Gasteiger partial charge in [0.2, 0.25) is 0 Å². The Bertz CT molecular complexity index is 614. The van der Waals surface area contributed by atoms with Gasteiger partial charge in [0.25, 0.3) is 0 Å². The maximum absolute atomic E-state index is 14.6. The van der Waals surface area contributed by atoms with E-state index in [1.807, 2.05) is 4.90 Å². The highest BCUT2D eigenvalue weighted by Crippen LogP contribution is 2.27. The first-order valence-corrected chi connectivity index (χ1v) is 8.63. The van der Waals surface area contributed by atoms with Crippen molar-refractivity contribution >= 4 is 17.5 Å². The van der Waals surface area contributed by atoms with Crippen LogP contribution in [0.15, 0.2) is 18.2 Å². The van der Waals surface area contributed by atoms with E-state index < -0.39 is 30.2 Å². The Morgan fingerprint density at radius 2 is 2.04 bits per heavy atom. The molecule has 1 fully saturated rings. The van der Waals surface area contributed by atoms with Gasteiger partial charge < -0.3 is 24.6 Å². The lowest BCUT2D eigenvalue weighted by atomic mass is 10.2. The van der Waals surface area contributed by atoms with Crippen LogP contribution in [0.5, 0.6) is 0 Å². The molecular weight excluding hydrogens is 343 g/mol. The van der Waals surface area contributed by atoms with Crippen LogP contribution < -0.4 is 9.80 Å². The first-order valence-electron chi connectivity index (χ1n) is 8.63. The van der Waals surface area contributed by atoms with Crippen molar-refractivity contribution in [2.24, 2.45) is 0 Å². The topological polar surface area (TPSA) is 82.5 Å². The van der Waals surface area contributed by atoms with E-state index in [-0.39, 0.29) is 12.2 Å². The summed E-state index contributed by atoms with van der Waals surface area (Å²) in [6.07, 6.45) is -1.88. The molecule has 0 aliphatic carbocycles. The zero-order valence-electron chi connectivity index (χ0n) is 15.4. The Morgan fingerprint density at radius 1 is 1.38 bits per heavy atom. The minimum absolute atomic E-state index is 0.207. The van der Waals surface area contributed by atoms with Crippen molar-refractivity contribution < 1.29 is 28.9 Å². The second-order valence-electron chi connectivity index (χ2n) is 7.16. The number of morpholine rings is 1. The molecule has 1 atom stereocenters. The Morgan fingerprint density at radius 3 is 2.58 bits per heavy atom. The number of amides is 1. The Labute approximate surface area is 152 Å². The maximum atomic E-state index is 14.6. The number of anilines is 2. The van der Waals surface area contributed by atoms with Gasteiger partial charge in [-0.2, -0.15) is 0 Å². The highest BCUT2D eigenvalue weighted by molar-refractivity contribution is 5.88. The van der Waals surface area contributed by atoms with Gasteiger partial charge in [0, 0.05) is 13.1 Å². The SMILES string of the molecule is CC(C)(C)OC(=O)N(CC(O)CO)c1ccc(N2CCOCC2)c(F)c1. The molecule has 2 N–H and O–H groups in total. The largest absolute Gasteiger partial charge is 0.443 e. The van der Waals surface area contributed by atoms with Crippen molar-refractivity contribution in [2.45, 2.75) is 32.5 Å². The number of benzene rings is 1. The number of halogens is 1. The molecule has 1 saturated heterocycles. The zero-order chi connectivity index (χ0) is 19.3. The lowest BCUT2D eigenvalue weighted by Crippen LogP contribution is -2.42. The van der Waals surface area contributed by atoms with Crippen LogP contribution in [0.2, 0.25) is 0 Å². The van der Waals surface area contributed by atoms with Crippen LogP contribution >= 0.6 is 0 Å². The van der Waals surface area contributed by atoms with Gasteiger partial charge in [-0.25, -0.2) is 9.18 Å². The Hall–Kier alpha value is -1.90. The third-order valence-electron chi connectivity index (χ3n) is 3.81. The second kappa shape index (κ2) is 8.66. The smallest absolute Gasteiger partial charge is 0.414 e. The minimum Gasteiger partial charge on any atom is -0.443 e. The van der Waals surface area contributed by atoms with Crippen LogP contribution in [0.4, 0.5) is 20.6 Å². The van der Waals surface area contributed by atoms with Crippen LogP contribution in [-0.2, 0) is 9.47 Å². The van der Waals surface area contributed by atoms with E-state index in [4.69, 9.17) is 14.6 Å². The highest BCUT2D eigenvalue weighted by atomic mass is 19.1. The monoisotopic (exact) mass is 370 g/mol. The molecule has 1 heterocycles. The fourth-order valence-electron chi connectivity index (χ4n) is 2.60. The van der Waals surface area contributed by atoms with E-state index in [0.29, 0.717) is 32.0 Å². The predicted molar refractivity (Wildman–Crippen MR) is 96.1 cm³/mol. The molecule has 1 aromatic carbocycles. The van der Waals surface area contributed by atoms with E-state index in [9.17, 15) is 14.3 Å². The lowest BCUT2D eigenvalue weighted by molar-refractivity contribution is 0.0525. The first kappa shape index (κ1) is 20.4. The van der Waals surface area contributed by atoms with E-state index in [0.717, 1.165) is 4.90 Å². The Kier molecular flexibility index (Phi) is 6.80. The summed E-state index contributed by atoms with van der Waals surface area (Å²) >= 11 is 0. The molecule has 0 radical (unpaired) electrons. The van der Waals surface area contributed by atoms with Crippen LogP contribution in [0.3, 0.4) is 0 Å². The van der Waals surface area contributed by atoms with Gasteiger partial charge in [-0.3, -0.25) is 4.90 Å². The fourth-order valence-corrected chi connectivity index (χ4v) is 2.60. The molecule has 146 valence electrons. The highest BCUT2D eigenvalue weighted by Gasteiger charge is 2.26. The molecule has 1 aliphatic rings. The van der Waals surface area contributed by atoms with Gasteiger partial charge in [0.1, 0.15) is 11.4 Å². The second-order valence-corrected chi connectivity index (χ2v) is 7.16. The van der Waals surface area contributed by atoms with E-state index in [1.54, 1.807) is 32.9 Å². The molecule has 7 nitrogen and oxygen atoms in total. The summed E-state index contributed by atoms with van der Waals surface area (Å²) in [4.78, 5) is 15.5. The molecule has 26 heavy (non-hydrogen) atoms. The molecule has 0 aromatic heterocycles. The molecule has 2 rings (SSSR count). The van der Waals surface area contributed by atoms with Gasteiger partial charge in [-0.15, -0.1) is 0 Å². The average Bonchev–Trinajstić information content (AvgIpc) is 2.58. The quantitative estimate of drug-likeness (QED) is 0.822. The summed E-state index contributed by atoms with van der Waals surface area (Å²) in [6.45, 7) is 6.68. The number of hydrogen-bond acceptors (Lipinski definition) is 6. The van der Waals surface area contributed by atoms with Crippen LogP contribution in [-0.4, -0.2) is 67.5 Å². The minimum atomic E-state index is -1.16. The predicted octanol–water partition coefficient (Wildman–Crippen LogP) is 1.76. The molecule has 1 aromatic rings. The molecule has 1 aliphatic heterocycles. The van der Waals surface area contributed by atoms with E-state index in [2.05, 4.69) is 0 Å². The molecular formula is C18H27FN2O5. The van der Waals surface area contributed by atoms with Gasteiger partial charge >= 0.3 is 6.09 Å². The molecule has 0 saturated carbocycles. The van der Waals surface area contributed by atoms with E-state index >= 15 is 0 Å². The number of hydrogen-bond donors (Lipinski definition) is 2. The molecule has 0 spiro atoms. The van der Waals surface area contributed by atoms with Crippen LogP contribution in [0.1, 0.15) is 20.8 Å². The van der Waals surface area contributed by atoms with Crippen molar-refractivity contribution in [2.75, 3.05) is 49.3 Å². The van der Waals surface area contributed by atoms with Gasteiger partial charge in [-0.05, 0) is 39.0 Å². The third-order valence-corrected chi connectivity index (χ3v) is 3.81. The number of carbonyl (C=O) groups is 1. The Balaban J connectivity index is 2.25. The number of nitrogens with zero attached hydrogens (tertiary/aromatic N) is 2. The summed E-state index contributed by atoms with van der Waals surface area (Å²) in [5, 5.41) is 18.8. The summed E-state index contributed by atoms with van der Waals surface area (Å²) in [7, 11) is 0. The zero-order valence-corrected chi connectivity index (χ0v) is 15.4. The van der Waals surface area contributed by atoms with Crippen molar-refractivity contribution in [3.05, 3.63) is 24.0 Å². The van der Waals surface area contributed by atoms with Crippen LogP contribution in [0, 0.1) is 5.82 Å². The normalized spacial score (nSPS) is 16.3. The lowest BCUT2D eigenvalue weighted by Gasteiger charge is -2.31. The summed E-state index contributed by atoms with van der Waals surface area (Å²) in [5.41, 5.74) is -0.0589. The number of rotatable bonds is 5. The van der Waals surface area contributed by atoms with Crippen molar-refractivity contribution in [3.8, 4) is 0 Å². The standard InChI is InChI=1S/C18H27FN2O5/c1-18(2,3)26-17(24)21(11-14(23)12-22)13-4-5-16(15(19)10-13)20-6-8-25-9-7-20/h4-5,10,14,22-23H,6-9,11-12H2,1-3H3. The van der Waals surface area contributed by atoms with Crippen molar-refractivity contribution in [1.29, 1.82) is 0 Å². The molecule has 0 bridgehead atoms. The van der Waals surface area contributed by atoms with Gasteiger partial charge in [0.15, 0.2) is 0 Å². The summed E-state index contributed by atoms with van der Waals surface area (Å²) in [6, 6.07) is 4.43. The molecule has 1 unspecified atom stereocenters. The van der Waals surface area contributed by atoms with Crippen molar-refractivity contribution in [3.63, 3.8) is 0 Å². The van der Waals surface area contributed by atoms with Crippen LogP contribution in [0.25, 0.3) is 0 Å². The fraction of sp³-hybridized carbons (Fsp3) is 0.611. The molecule has 8 heteroatoms. The first-order chi connectivity index (χ1) is 12.2.